The number of nitrogens with one attached hydrogen (secondary N) is 1. The second-order valence-electron chi connectivity index (χ2n) is 3.22. The van der Waals surface area contributed by atoms with Crippen molar-refractivity contribution in [2.45, 2.75) is 0 Å². The third kappa shape index (κ3) is 2.27. The van der Waals surface area contributed by atoms with Gasteiger partial charge >= 0.3 is 0 Å². The summed E-state index contributed by atoms with van der Waals surface area (Å²) in [6.07, 6.45) is 3.27. The Morgan fingerprint density at radius 2 is 2.31 bits per heavy atom. The average molecular weight is 281 g/mol. The van der Waals surface area contributed by atoms with Gasteiger partial charge in [-0.3, -0.25) is 4.79 Å². The first-order valence-electron chi connectivity index (χ1n) is 4.58. The van der Waals surface area contributed by atoms with Crippen LogP contribution < -0.4 is 10.9 Å². The number of anilines is 2. The van der Waals surface area contributed by atoms with Gasteiger partial charge in [0.1, 0.15) is 5.69 Å². The largest absolute Gasteiger partial charge is 0.334 e. The van der Waals surface area contributed by atoms with Crippen molar-refractivity contribution in [3.63, 3.8) is 0 Å². The summed E-state index contributed by atoms with van der Waals surface area (Å²) in [6.45, 7) is 0. The molecule has 6 heteroatoms. The minimum Gasteiger partial charge on any atom is -0.334 e. The maximum absolute atomic E-state index is 11.8. The SMILES string of the molecule is Cn1cc(Br)cc(Nc2cccnn2)c1=O. The molecule has 0 aliphatic heterocycles. The monoisotopic (exact) mass is 280 g/mol. The van der Waals surface area contributed by atoms with Crippen LogP contribution in [0.3, 0.4) is 0 Å². The van der Waals surface area contributed by atoms with Crippen LogP contribution in [0, 0.1) is 0 Å². The highest BCUT2D eigenvalue weighted by Gasteiger charge is 2.04. The lowest BCUT2D eigenvalue weighted by molar-refractivity contribution is 0.857. The molecule has 0 fully saturated rings. The topological polar surface area (TPSA) is 59.8 Å². The maximum atomic E-state index is 11.8. The van der Waals surface area contributed by atoms with Crippen molar-refractivity contribution in [1.29, 1.82) is 0 Å². The first-order chi connectivity index (χ1) is 7.66. The van der Waals surface area contributed by atoms with Gasteiger partial charge in [0.2, 0.25) is 0 Å². The lowest BCUT2D eigenvalue weighted by Crippen LogP contribution is -2.19. The number of aryl methyl sites for hydroxylation is 1. The van der Waals surface area contributed by atoms with Gasteiger partial charge in [0.15, 0.2) is 5.82 Å². The number of aromatic nitrogens is 3. The second-order valence-corrected chi connectivity index (χ2v) is 4.14. The molecule has 0 aliphatic carbocycles. The summed E-state index contributed by atoms with van der Waals surface area (Å²) in [5.41, 5.74) is 0.339. The Hall–Kier alpha value is -1.69. The summed E-state index contributed by atoms with van der Waals surface area (Å²) >= 11 is 3.32. The predicted molar refractivity (Wildman–Crippen MR) is 64.7 cm³/mol. The van der Waals surface area contributed by atoms with Gasteiger partial charge < -0.3 is 9.88 Å². The molecule has 0 amide bonds. The quantitative estimate of drug-likeness (QED) is 0.909. The molecule has 0 unspecified atom stereocenters. The molecule has 0 atom stereocenters. The van der Waals surface area contributed by atoms with E-state index in [-0.39, 0.29) is 5.56 Å². The number of hydrogen-bond acceptors (Lipinski definition) is 4. The van der Waals surface area contributed by atoms with Crippen molar-refractivity contribution in [3.05, 3.63) is 45.4 Å². The van der Waals surface area contributed by atoms with E-state index in [0.29, 0.717) is 11.5 Å². The predicted octanol–water partition coefficient (Wildman–Crippen LogP) is 1.68. The zero-order valence-electron chi connectivity index (χ0n) is 8.51. The highest BCUT2D eigenvalue weighted by atomic mass is 79.9. The molecule has 0 bridgehead atoms. The molecule has 2 heterocycles. The molecule has 16 heavy (non-hydrogen) atoms. The summed E-state index contributed by atoms with van der Waals surface area (Å²) in [7, 11) is 1.69. The number of hydrogen-bond donors (Lipinski definition) is 1. The van der Waals surface area contributed by atoms with Crippen molar-refractivity contribution in [2.75, 3.05) is 5.32 Å². The third-order valence-electron chi connectivity index (χ3n) is 1.98. The van der Waals surface area contributed by atoms with Crippen molar-refractivity contribution in [3.8, 4) is 0 Å². The molecule has 5 nitrogen and oxygen atoms in total. The van der Waals surface area contributed by atoms with Crippen LogP contribution >= 0.6 is 15.9 Å². The Bertz CT molecular complexity index is 552. The van der Waals surface area contributed by atoms with Gasteiger partial charge in [0.25, 0.3) is 5.56 Å². The first kappa shape index (κ1) is 10.8. The molecule has 0 aromatic carbocycles. The smallest absolute Gasteiger partial charge is 0.274 e. The molecule has 0 saturated carbocycles. The standard InChI is InChI=1S/C10H9BrN4O/c1-15-6-7(11)5-8(10(15)16)13-9-3-2-4-12-14-9/h2-6H,1H3,(H,13,14). The van der Waals surface area contributed by atoms with Gasteiger partial charge in [0.05, 0.1) is 0 Å². The Morgan fingerprint density at radius 1 is 1.50 bits per heavy atom. The van der Waals surface area contributed by atoms with Crippen LogP contribution in [0.15, 0.2) is 39.9 Å². The van der Waals surface area contributed by atoms with Crippen LogP contribution in [-0.4, -0.2) is 14.8 Å². The summed E-state index contributed by atoms with van der Waals surface area (Å²) in [6, 6.07) is 5.20. The molecule has 2 aromatic rings. The minimum absolute atomic E-state index is 0.117. The number of pyridine rings is 1. The highest BCUT2D eigenvalue weighted by molar-refractivity contribution is 9.10. The fourth-order valence-corrected chi connectivity index (χ4v) is 1.80. The molecule has 82 valence electrons. The fourth-order valence-electron chi connectivity index (χ4n) is 1.27. The molecule has 0 radical (unpaired) electrons. The van der Waals surface area contributed by atoms with Gasteiger partial charge in [-0.15, -0.1) is 5.10 Å². The molecule has 2 aromatic heterocycles. The Morgan fingerprint density at radius 3 is 3.00 bits per heavy atom. The van der Waals surface area contributed by atoms with Crippen molar-refractivity contribution >= 4 is 27.4 Å². The molecular formula is C10H9BrN4O. The van der Waals surface area contributed by atoms with Crippen molar-refractivity contribution in [1.82, 2.24) is 14.8 Å². The van der Waals surface area contributed by atoms with Gasteiger partial charge in [0, 0.05) is 23.9 Å². The molecule has 1 N–H and O–H groups in total. The zero-order valence-corrected chi connectivity index (χ0v) is 10.1. The van der Waals surface area contributed by atoms with E-state index in [1.165, 1.54) is 4.57 Å². The van der Waals surface area contributed by atoms with Gasteiger partial charge in [-0.2, -0.15) is 5.10 Å². The van der Waals surface area contributed by atoms with E-state index < -0.39 is 0 Å². The van der Waals surface area contributed by atoms with Crippen LogP contribution in [0.5, 0.6) is 0 Å². The molecule has 0 spiro atoms. The molecule has 2 rings (SSSR count). The van der Waals surface area contributed by atoms with Crippen LogP contribution in [-0.2, 0) is 7.05 Å². The fraction of sp³-hybridized carbons (Fsp3) is 0.100. The lowest BCUT2D eigenvalue weighted by Gasteiger charge is -2.06. The van der Waals surface area contributed by atoms with E-state index >= 15 is 0 Å². The van der Waals surface area contributed by atoms with E-state index in [1.807, 2.05) is 0 Å². The van der Waals surface area contributed by atoms with E-state index in [0.717, 1.165) is 4.47 Å². The Balaban J connectivity index is 2.39. The number of nitrogens with zero attached hydrogens (tertiary/aromatic N) is 3. The summed E-state index contributed by atoms with van der Waals surface area (Å²) in [4.78, 5) is 11.8. The molecule has 0 aliphatic rings. The molecule has 0 saturated heterocycles. The van der Waals surface area contributed by atoms with Crippen LogP contribution in [0.1, 0.15) is 0 Å². The normalized spacial score (nSPS) is 10.1. The maximum Gasteiger partial charge on any atom is 0.274 e. The van der Waals surface area contributed by atoms with E-state index in [1.54, 1.807) is 37.6 Å². The van der Waals surface area contributed by atoms with Gasteiger partial charge in [-0.25, -0.2) is 0 Å². The van der Waals surface area contributed by atoms with E-state index in [4.69, 9.17) is 0 Å². The first-order valence-corrected chi connectivity index (χ1v) is 5.37. The van der Waals surface area contributed by atoms with Crippen molar-refractivity contribution < 1.29 is 0 Å². The summed E-state index contributed by atoms with van der Waals surface area (Å²) in [5.74, 6) is 0.540. The van der Waals surface area contributed by atoms with Gasteiger partial charge in [-0.05, 0) is 34.1 Å². The second kappa shape index (κ2) is 4.44. The highest BCUT2D eigenvalue weighted by Crippen LogP contribution is 2.14. The number of halogens is 1. The summed E-state index contributed by atoms with van der Waals surface area (Å²) in [5, 5.41) is 10.5. The van der Waals surface area contributed by atoms with Crippen molar-refractivity contribution in [2.24, 2.45) is 7.05 Å². The molecular weight excluding hydrogens is 272 g/mol. The zero-order chi connectivity index (χ0) is 11.5. The van der Waals surface area contributed by atoms with Crippen LogP contribution in [0.2, 0.25) is 0 Å². The van der Waals surface area contributed by atoms with Crippen LogP contribution in [0.4, 0.5) is 11.5 Å². The summed E-state index contributed by atoms with van der Waals surface area (Å²) < 4.78 is 2.31. The Labute approximate surface area is 100 Å². The Kier molecular flexibility index (Phi) is 3.00. The third-order valence-corrected chi connectivity index (χ3v) is 2.42. The van der Waals surface area contributed by atoms with Crippen LogP contribution in [0.25, 0.3) is 0 Å². The van der Waals surface area contributed by atoms with E-state index in [2.05, 4.69) is 31.4 Å². The van der Waals surface area contributed by atoms with E-state index in [9.17, 15) is 4.79 Å². The minimum atomic E-state index is -0.117. The number of rotatable bonds is 2. The lowest BCUT2D eigenvalue weighted by atomic mass is 10.4. The van der Waals surface area contributed by atoms with Gasteiger partial charge in [-0.1, -0.05) is 0 Å². The average Bonchev–Trinajstić information content (AvgIpc) is 2.27.